The number of halogens is 1. The van der Waals surface area contributed by atoms with Gasteiger partial charge in [-0.1, -0.05) is 49.6 Å². The Morgan fingerprint density at radius 3 is 2.48 bits per heavy atom. The number of rotatable bonds is 8. The number of ether oxygens (including phenoxy) is 1. The minimum Gasteiger partial charge on any atom is -0.491 e. The van der Waals surface area contributed by atoms with E-state index < -0.39 is 11.5 Å². The van der Waals surface area contributed by atoms with Gasteiger partial charge in [-0.3, -0.25) is 9.59 Å². The van der Waals surface area contributed by atoms with E-state index in [0.29, 0.717) is 43.2 Å². The molecule has 0 bridgehead atoms. The highest BCUT2D eigenvalue weighted by atomic mass is 19.1. The van der Waals surface area contributed by atoms with Crippen LogP contribution >= 0.6 is 0 Å². The van der Waals surface area contributed by atoms with Crippen LogP contribution in [-0.2, 0) is 22.6 Å². The van der Waals surface area contributed by atoms with Crippen LogP contribution in [0.25, 0.3) is 28.2 Å². The smallest absolute Gasteiger partial charge is 0.328 e. The van der Waals surface area contributed by atoms with Crippen LogP contribution in [0.3, 0.4) is 0 Å². The molecular formula is C38H37FN2O5. The summed E-state index contributed by atoms with van der Waals surface area (Å²) >= 11 is 0. The first-order chi connectivity index (χ1) is 22.3. The minimum absolute atomic E-state index is 0.0286. The molecule has 2 N–H and O–H groups in total. The number of Topliss-reactive ketones (excluding diaryl/α,β-unsaturated/α-hetero) is 1. The fraction of sp³-hybridized carbons (Fsp3) is 0.342. The van der Waals surface area contributed by atoms with Gasteiger partial charge in [-0.15, -0.1) is 0 Å². The molecule has 0 saturated heterocycles. The first-order valence-corrected chi connectivity index (χ1v) is 16.3. The molecule has 1 aliphatic heterocycles. The summed E-state index contributed by atoms with van der Waals surface area (Å²) in [6.07, 6.45) is 10.6. The summed E-state index contributed by atoms with van der Waals surface area (Å²) in [6.45, 7) is 0.968. The molecule has 2 heterocycles. The summed E-state index contributed by atoms with van der Waals surface area (Å²) in [5.41, 5.74) is 5.29. The fourth-order valence-corrected chi connectivity index (χ4v) is 7.46. The number of benzene rings is 3. The molecular weight excluding hydrogens is 583 g/mol. The fourth-order valence-electron chi connectivity index (χ4n) is 7.46. The van der Waals surface area contributed by atoms with E-state index in [2.05, 4.69) is 16.0 Å². The molecule has 236 valence electrons. The Kier molecular flexibility index (Phi) is 7.97. The Morgan fingerprint density at radius 2 is 1.76 bits per heavy atom. The Morgan fingerprint density at radius 1 is 0.978 bits per heavy atom. The lowest BCUT2D eigenvalue weighted by Gasteiger charge is -2.41. The molecule has 0 radical (unpaired) electrons. The molecule has 2 aliphatic carbocycles. The van der Waals surface area contributed by atoms with Crippen molar-refractivity contribution >= 4 is 34.6 Å². The van der Waals surface area contributed by atoms with E-state index in [9.17, 15) is 18.8 Å². The highest BCUT2D eigenvalue weighted by Gasteiger charge is 2.45. The van der Waals surface area contributed by atoms with Gasteiger partial charge >= 0.3 is 5.97 Å². The van der Waals surface area contributed by atoms with Gasteiger partial charge in [0.1, 0.15) is 18.2 Å². The molecule has 7 nitrogen and oxygen atoms in total. The van der Waals surface area contributed by atoms with Gasteiger partial charge in [0.15, 0.2) is 5.78 Å². The average molecular weight is 621 g/mol. The van der Waals surface area contributed by atoms with Crippen LogP contribution in [-0.4, -0.2) is 39.5 Å². The van der Waals surface area contributed by atoms with Crippen LogP contribution in [0, 0.1) is 5.82 Å². The van der Waals surface area contributed by atoms with E-state index in [-0.39, 0.29) is 23.9 Å². The van der Waals surface area contributed by atoms with E-state index in [1.807, 2.05) is 30.3 Å². The lowest BCUT2D eigenvalue weighted by atomic mass is 9.72. The van der Waals surface area contributed by atoms with Crippen molar-refractivity contribution in [2.45, 2.75) is 75.8 Å². The third kappa shape index (κ3) is 5.61. The zero-order chi connectivity index (χ0) is 31.8. The minimum atomic E-state index is -1.02. The number of carboxylic acid groups (broad SMARTS) is 1. The molecule has 0 unspecified atom stereocenters. The normalized spacial score (nSPS) is 17.4. The molecule has 1 aromatic heterocycles. The molecule has 8 heteroatoms. The number of hydrogen-bond acceptors (Lipinski definition) is 4. The Balaban J connectivity index is 1.19. The molecule has 3 aromatic carbocycles. The van der Waals surface area contributed by atoms with Crippen molar-refractivity contribution in [1.82, 2.24) is 9.88 Å². The second kappa shape index (κ2) is 12.2. The third-order valence-corrected chi connectivity index (χ3v) is 10.0. The van der Waals surface area contributed by atoms with Crippen molar-refractivity contribution in [2.24, 2.45) is 0 Å². The number of carbonyl (C=O) groups excluding carboxylic acids is 2. The maximum absolute atomic E-state index is 14.2. The SMILES string of the molecule is O=C(O)/C=C/c1ccc(CC(=O)C2(NC(=O)c3ccc4c(C5CCCCC5)c5n(c4c3)CCOc3cc(F)ccc3-5)CCC2)cc1. The first kappa shape index (κ1) is 30.0. The Bertz CT molecular complexity index is 1860. The van der Waals surface area contributed by atoms with Crippen LogP contribution in [0.2, 0.25) is 0 Å². The number of aliphatic carboxylic acids is 1. The van der Waals surface area contributed by atoms with Crippen molar-refractivity contribution in [2.75, 3.05) is 6.61 Å². The van der Waals surface area contributed by atoms with Crippen LogP contribution in [0.4, 0.5) is 4.39 Å². The number of carboxylic acids is 1. The summed E-state index contributed by atoms with van der Waals surface area (Å²) in [4.78, 5) is 38.2. The first-order valence-electron chi connectivity index (χ1n) is 16.3. The monoisotopic (exact) mass is 620 g/mol. The van der Waals surface area contributed by atoms with Gasteiger partial charge < -0.3 is 19.7 Å². The van der Waals surface area contributed by atoms with Gasteiger partial charge in [0.05, 0.1) is 17.8 Å². The summed E-state index contributed by atoms with van der Waals surface area (Å²) in [5, 5.41) is 13.1. The number of carbonyl (C=O) groups is 3. The molecule has 0 atom stereocenters. The maximum Gasteiger partial charge on any atom is 0.328 e. The van der Waals surface area contributed by atoms with Gasteiger partial charge in [-0.2, -0.15) is 0 Å². The van der Waals surface area contributed by atoms with E-state index in [1.165, 1.54) is 43.0 Å². The number of nitrogens with one attached hydrogen (secondary N) is 1. The van der Waals surface area contributed by atoms with Gasteiger partial charge in [-0.25, -0.2) is 9.18 Å². The number of amides is 1. The van der Waals surface area contributed by atoms with Crippen LogP contribution in [0.15, 0.2) is 66.7 Å². The zero-order valence-electron chi connectivity index (χ0n) is 25.7. The second-order valence-corrected chi connectivity index (χ2v) is 12.9. The van der Waals surface area contributed by atoms with Crippen molar-refractivity contribution in [3.63, 3.8) is 0 Å². The molecule has 0 spiro atoms. The van der Waals surface area contributed by atoms with E-state index in [0.717, 1.165) is 58.6 Å². The number of hydrogen-bond donors (Lipinski definition) is 2. The predicted molar refractivity (Wildman–Crippen MR) is 175 cm³/mol. The standard InChI is InChI=1S/C38H37FN2O5/c39-28-13-15-30-32(23-28)46-20-19-41-31-22-27(12-14-29(31)35(36(30)41)26-5-2-1-3-6-26)37(45)40-38(17-4-18-38)33(42)21-25-9-7-24(8-10-25)11-16-34(43)44/h7-16,22-23,26H,1-6,17-21H2,(H,40,45)(H,43,44)/b16-11+. The predicted octanol–water partition coefficient (Wildman–Crippen LogP) is 7.45. The summed E-state index contributed by atoms with van der Waals surface area (Å²) < 4.78 is 22.5. The van der Waals surface area contributed by atoms with Crippen molar-refractivity contribution < 1.29 is 28.6 Å². The summed E-state index contributed by atoms with van der Waals surface area (Å²) in [5.74, 6) is -0.722. The molecule has 1 amide bonds. The van der Waals surface area contributed by atoms with Crippen LogP contribution in [0.1, 0.15) is 84.3 Å². The molecule has 2 fully saturated rings. The van der Waals surface area contributed by atoms with Crippen molar-refractivity contribution in [3.8, 4) is 17.0 Å². The Labute approximate surface area is 267 Å². The second-order valence-electron chi connectivity index (χ2n) is 12.9. The average Bonchev–Trinajstić information content (AvgIpc) is 3.24. The van der Waals surface area contributed by atoms with E-state index in [1.54, 1.807) is 12.1 Å². The highest BCUT2D eigenvalue weighted by Crippen LogP contribution is 2.47. The van der Waals surface area contributed by atoms with Crippen molar-refractivity contribution in [1.29, 1.82) is 0 Å². The van der Waals surface area contributed by atoms with Gasteiger partial charge in [0.2, 0.25) is 0 Å². The molecule has 4 aromatic rings. The molecule has 46 heavy (non-hydrogen) atoms. The number of ketones is 1. The molecule has 3 aliphatic rings. The lowest BCUT2D eigenvalue weighted by molar-refractivity contribution is -0.131. The van der Waals surface area contributed by atoms with Crippen molar-refractivity contribution in [3.05, 3.63) is 94.8 Å². The third-order valence-electron chi connectivity index (χ3n) is 10.0. The van der Waals surface area contributed by atoms with E-state index >= 15 is 0 Å². The summed E-state index contributed by atoms with van der Waals surface area (Å²) in [6, 6.07) is 17.8. The lowest BCUT2D eigenvalue weighted by Crippen LogP contribution is -2.59. The largest absolute Gasteiger partial charge is 0.491 e. The molecule has 7 rings (SSSR count). The van der Waals surface area contributed by atoms with Crippen LogP contribution in [0.5, 0.6) is 5.75 Å². The van der Waals surface area contributed by atoms with Crippen LogP contribution < -0.4 is 10.1 Å². The highest BCUT2D eigenvalue weighted by molar-refractivity contribution is 6.04. The number of aromatic nitrogens is 1. The topological polar surface area (TPSA) is 97.6 Å². The van der Waals surface area contributed by atoms with Gasteiger partial charge in [0, 0.05) is 40.6 Å². The number of fused-ring (bicyclic) bond motifs is 5. The zero-order valence-corrected chi connectivity index (χ0v) is 25.7. The Hall–Kier alpha value is -4.72. The van der Waals surface area contributed by atoms with Gasteiger partial charge in [0.25, 0.3) is 5.91 Å². The summed E-state index contributed by atoms with van der Waals surface area (Å²) in [7, 11) is 0. The maximum atomic E-state index is 14.2. The molecule has 2 saturated carbocycles. The van der Waals surface area contributed by atoms with Gasteiger partial charge in [-0.05, 0) is 85.1 Å². The van der Waals surface area contributed by atoms with E-state index in [4.69, 9.17) is 9.84 Å². The quantitative estimate of drug-likeness (QED) is 0.200. The number of nitrogens with zero attached hydrogens (tertiary/aromatic N) is 1.